The average molecular weight is 486 g/mol. The summed E-state index contributed by atoms with van der Waals surface area (Å²) in [5.41, 5.74) is 1.41. The number of carbonyl (C=O) groups is 1. The van der Waals surface area contributed by atoms with Crippen LogP contribution in [-0.4, -0.2) is 34.0 Å². The Labute approximate surface area is 199 Å². The number of piperidine rings is 1. The zero-order chi connectivity index (χ0) is 25.0. The SMILES string of the molecule is Cc1ccc(NC(=O)N2CCC(=C(F)c3cccc(Oc4ccc(C(F)(F)F)cn4)c3)CC2)cn1. The smallest absolute Gasteiger partial charge is 0.417 e. The summed E-state index contributed by atoms with van der Waals surface area (Å²) >= 11 is 0. The van der Waals surface area contributed by atoms with E-state index in [1.165, 1.54) is 6.07 Å². The van der Waals surface area contributed by atoms with Gasteiger partial charge in [-0.1, -0.05) is 12.1 Å². The van der Waals surface area contributed by atoms with Crippen LogP contribution in [0.25, 0.3) is 5.83 Å². The van der Waals surface area contributed by atoms with Gasteiger partial charge in [-0.3, -0.25) is 4.98 Å². The molecule has 0 aliphatic carbocycles. The minimum Gasteiger partial charge on any atom is -0.439 e. The van der Waals surface area contributed by atoms with Gasteiger partial charge in [0.1, 0.15) is 11.6 Å². The normalized spacial score (nSPS) is 14.0. The van der Waals surface area contributed by atoms with E-state index in [-0.39, 0.29) is 23.2 Å². The third-order valence-electron chi connectivity index (χ3n) is 5.50. The highest BCUT2D eigenvalue weighted by Gasteiger charge is 2.30. The number of amides is 2. The largest absolute Gasteiger partial charge is 0.439 e. The first-order valence-corrected chi connectivity index (χ1v) is 10.9. The van der Waals surface area contributed by atoms with E-state index in [0.29, 0.717) is 43.4 Å². The molecule has 182 valence electrons. The van der Waals surface area contributed by atoms with Crippen molar-refractivity contribution in [1.82, 2.24) is 14.9 Å². The van der Waals surface area contributed by atoms with Gasteiger partial charge in [0, 0.05) is 36.6 Å². The molecule has 2 aromatic heterocycles. The standard InChI is InChI=1S/C25H22F4N4O2/c1-16-5-7-20(15-30-16)32-24(34)33-11-9-17(10-12-33)23(26)18-3-2-4-21(13-18)35-22-8-6-19(14-31-22)25(27,28)29/h2-8,13-15H,9-12H2,1H3,(H,32,34). The van der Waals surface area contributed by atoms with Crippen molar-refractivity contribution in [3.8, 4) is 11.6 Å². The predicted octanol–water partition coefficient (Wildman–Crippen LogP) is 6.60. The van der Waals surface area contributed by atoms with Crippen molar-refractivity contribution in [3.63, 3.8) is 0 Å². The van der Waals surface area contributed by atoms with E-state index in [4.69, 9.17) is 4.74 Å². The van der Waals surface area contributed by atoms with E-state index in [0.717, 1.165) is 17.8 Å². The van der Waals surface area contributed by atoms with E-state index >= 15 is 4.39 Å². The number of nitrogens with zero attached hydrogens (tertiary/aromatic N) is 3. The van der Waals surface area contributed by atoms with Crippen LogP contribution in [0.4, 0.5) is 28.0 Å². The maximum Gasteiger partial charge on any atom is 0.417 e. The molecule has 0 atom stereocenters. The molecule has 0 bridgehead atoms. The van der Waals surface area contributed by atoms with Crippen molar-refractivity contribution in [2.24, 2.45) is 0 Å². The second-order valence-electron chi connectivity index (χ2n) is 8.04. The van der Waals surface area contributed by atoms with Gasteiger partial charge < -0.3 is 15.0 Å². The highest BCUT2D eigenvalue weighted by Crippen LogP contribution is 2.32. The molecule has 0 spiro atoms. The third-order valence-corrected chi connectivity index (χ3v) is 5.50. The maximum absolute atomic E-state index is 15.2. The van der Waals surface area contributed by atoms with E-state index in [2.05, 4.69) is 15.3 Å². The lowest BCUT2D eigenvalue weighted by Crippen LogP contribution is -2.39. The first kappa shape index (κ1) is 24.2. The summed E-state index contributed by atoms with van der Waals surface area (Å²) in [7, 11) is 0. The van der Waals surface area contributed by atoms with Gasteiger partial charge in [0.15, 0.2) is 0 Å². The number of hydrogen-bond donors (Lipinski definition) is 1. The summed E-state index contributed by atoms with van der Waals surface area (Å²) < 4.78 is 58.8. The first-order chi connectivity index (χ1) is 16.7. The minimum atomic E-state index is -4.49. The van der Waals surface area contributed by atoms with Gasteiger partial charge in [-0.25, -0.2) is 14.2 Å². The number of benzene rings is 1. The van der Waals surface area contributed by atoms with Crippen molar-refractivity contribution in [2.45, 2.75) is 25.9 Å². The van der Waals surface area contributed by atoms with Crippen LogP contribution in [0.15, 0.2) is 66.5 Å². The molecule has 1 fully saturated rings. The number of carbonyl (C=O) groups excluding carboxylic acids is 1. The second-order valence-corrected chi connectivity index (χ2v) is 8.04. The zero-order valence-corrected chi connectivity index (χ0v) is 18.8. The summed E-state index contributed by atoms with van der Waals surface area (Å²) in [5.74, 6) is -0.195. The average Bonchev–Trinajstić information content (AvgIpc) is 2.85. The van der Waals surface area contributed by atoms with Gasteiger partial charge in [0.05, 0.1) is 17.4 Å². The number of rotatable bonds is 4. The van der Waals surface area contributed by atoms with E-state index < -0.39 is 17.6 Å². The highest BCUT2D eigenvalue weighted by atomic mass is 19.4. The molecule has 1 aliphatic rings. The maximum atomic E-state index is 15.2. The van der Waals surface area contributed by atoms with Crippen molar-refractivity contribution in [1.29, 1.82) is 0 Å². The van der Waals surface area contributed by atoms with Gasteiger partial charge in [-0.05, 0) is 55.7 Å². The van der Waals surface area contributed by atoms with Crippen LogP contribution in [-0.2, 0) is 6.18 Å². The Kier molecular flexibility index (Phi) is 6.99. The minimum absolute atomic E-state index is 0.0358. The molecule has 3 aromatic rings. The van der Waals surface area contributed by atoms with Gasteiger partial charge in [0.25, 0.3) is 0 Å². The van der Waals surface area contributed by atoms with Crippen molar-refractivity contribution >= 4 is 17.5 Å². The lowest BCUT2D eigenvalue weighted by molar-refractivity contribution is -0.137. The number of halogens is 4. The Balaban J connectivity index is 1.38. The molecule has 0 radical (unpaired) electrons. The molecule has 2 amide bonds. The lowest BCUT2D eigenvalue weighted by Gasteiger charge is -2.29. The summed E-state index contributed by atoms with van der Waals surface area (Å²) in [6, 6.07) is 11.5. The van der Waals surface area contributed by atoms with Crippen molar-refractivity contribution < 1.29 is 27.1 Å². The van der Waals surface area contributed by atoms with Gasteiger partial charge in [-0.15, -0.1) is 0 Å². The Morgan fingerprint density at radius 1 is 1.03 bits per heavy atom. The molecule has 35 heavy (non-hydrogen) atoms. The topological polar surface area (TPSA) is 67.4 Å². The summed E-state index contributed by atoms with van der Waals surface area (Å²) in [6.45, 7) is 2.57. The Morgan fingerprint density at radius 3 is 2.43 bits per heavy atom. The first-order valence-electron chi connectivity index (χ1n) is 10.9. The number of likely N-dealkylation sites (tertiary alicyclic amines) is 1. The Hall–Kier alpha value is -3.95. The fourth-order valence-corrected chi connectivity index (χ4v) is 3.57. The van der Waals surface area contributed by atoms with Crippen LogP contribution in [0, 0.1) is 6.92 Å². The fourth-order valence-electron chi connectivity index (χ4n) is 3.57. The number of alkyl halides is 3. The molecule has 10 heteroatoms. The van der Waals surface area contributed by atoms with Crippen LogP contribution in [0.5, 0.6) is 11.6 Å². The van der Waals surface area contributed by atoms with E-state index in [1.807, 2.05) is 6.92 Å². The van der Waals surface area contributed by atoms with Gasteiger partial charge >= 0.3 is 12.2 Å². The zero-order valence-electron chi connectivity index (χ0n) is 18.8. The number of anilines is 1. The van der Waals surface area contributed by atoms with Crippen LogP contribution in [0.2, 0.25) is 0 Å². The van der Waals surface area contributed by atoms with Crippen LogP contribution < -0.4 is 10.1 Å². The Bertz CT molecular complexity index is 1220. The second kappa shape index (κ2) is 10.1. The number of nitrogens with one attached hydrogen (secondary N) is 1. The van der Waals surface area contributed by atoms with Crippen molar-refractivity contribution in [3.05, 3.63) is 83.3 Å². The molecule has 6 nitrogen and oxygen atoms in total. The van der Waals surface area contributed by atoms with Gasteiger partial charge in [-0.2, -0.15) is 13.2 Å². The number of urea groups is 1. The molecule has 4 rings (SSSR count). The summed E-state index contributed by atoms with van der Waals surface area (Å²) in [5, 5.41) is 2.79. The van der Waals surface area contributed by atoms with Crippen LogP contribution >= 0.6 is 0 Å². The lowest BCUT2D eigenvalue weighted by atomic mass is 10.00. The highest BCUT2D eigenvalue weighted by molar-refractivity contribution is 5.89. The monoisotopic (exact) mass is 486 g/mol. The molecule has 1 aromatic carbocycles. The number of ether oxygens (including phenoxy) is 1. The molecule has 1 N–H and O–H groups in total. The van der Waals surface area contributed by atoms with E-state index in [1.54, 1.807) is 41.4 Å². The molecule has 3 heterocycles. The van der Waals surface area contributed by atoms with E-state index in [9.17, 15) is 18.0 Å². The predicted molar refractivity (Wildman–Crippen MR) is 123 cm³/mol. The third kappa shape index (κ3) is 6.14. The van der Waals surface area contributed by atoms with Crippen LogP contribution in [0.3, 0.4) is 0 Å². The number of aromatic nitrogens is 2. The molecule has 0 unspecified atom stereocenters. The number of pyridine rings is 2. The van der Waals surface area contributed by atoms with Crippen LogP contribution in [0.1, 0.15) is 29.7 Å². The quantitative estimate of drug-likeness (QED) is 0.422. The molecule has 1 aliphatic heterocycles. The number of hydrogen-bond acceptors (Lipinski definition) is 4. The molecule has 1 saturated heterocycles. The van der Waals surface area contributed by atoms with Crippen molar-refractivity contribution in [2.75, 3.05) is 18.4 Å². The number of aryl methyl sites for hydroxylation is 1. The Morgan fingerprint density at radius 2 is 1.80 bits per heavy atom. The fraction of sp³-hybridized carbons (Fsp3) is 0.240. The van der Waals surface area contributed by atoms with Gasteiger partial charge in [0.2, 0.25) is 5.88 Å². The molecular formula is C25H22F4N4O2. The molecular weight excluding hydrogens is 464 g/mol. The summed E-state index contributed by atoms with van der Waals surface area (Å²) in [4.78, 5) is 21.9. The summed E-state index contributed by atoms with van der Waals surface area (Å²) in [6.07, 6.45) is -1.48. The molecule has 0 saturated carbocycles.